The number of primary amides is 1. The Morgan fingerprint density at radius 2 is 1.92 bits per heavy atom. The van der Waals surface area contributed by atoms with Gasteiger partial charge in [-0.05, 0) is 47.6 Å². The first-order valence-electron chi connectivity index (χ1n) is 8.65. The van der Waals surface area contributed by atoms with Gasteiger partial charge in [-0.1, -0.05) is 30.3 Å². The Hall–Kier alpha value is -2.88. The van der Waals surface area contributed by atoms with Gasteiger partial charge in [-0.2, -0.15) is 0 Å². The number of fused-ring (bicyclic) bond motifs is 1. The minimum Gasteiger partial charge on any atom is -0.366 e. The summed E-state index contributed by atoms with van der Waals surface area (Å²) in [5, 5.41) is 0.995. The summed E-state index contributed by atoms with van der Waals surface area (Å²) >= 11 is 0. The number of aromatic amines is 1. The molecule has 0 bridgehead atoms. The number of nitrogens with one attached hydrogen (secondary N) is 1. The van der Waals surface area contributed by atoms with Crippen molar-refractivity contribution in [2.45, 2.75) is 31.6 Å². The van der Waals surface area contributed by atoms with Gasteiger partial charge in [0.2, 0.25) is 0 Å². The van der Waals surface area contributed by atoms with Gasteiger partial charge in [0, 0.05) is 24.4 Å². The van der Waals surface area contributed by atoms with Crippen LogP contribution < -0.4 is 5.73 Å². The zero-order valence-corrected chi connectivity index (χ0v) is 13.9. The van der Waals surface area contributed by atoms with Crippen LogP contribution in [0.3, 0.4) is 0 Å². The third-order valence-electron chi connectivity index (χ3n) is 5.12. The van der Waals surface area contributed by atoms with Crippen molar-refractivity contribution >= 4 is 22.6 Å². The molecule has 0 spiro atoms. The summed E-state index contributed by atoms with van der Waals surface area (Å²) in [4.78, 5) is 27.1. The molecule has 1 atom stereocenters. The van der Waals surface area contributed by atoms with Crippen molar-refractivity contribution in [3.63, 3.8) is 0 Å². The molecule has 3 aromatic rings. The lowest BCUT2D eigenvalue weighted by Crippen LogP contribution is -2.13. The highest BCUT2D eigenvalue weighted by Crippen LogP contribution is 2.37. The van der Waals surface area contributed by atoms with Crippen LogP contribution in [0.15, 0.2) is 48.7 Å². The highest BCUT2D eigenvalue weighted by Gasteiger charge is 2.24. The normalized spacial score (nSPS) is 17.8. The largest absolute Gasteiger partial charge is 0.366 e. The maximum absolute atomic E-state index is 12.0. The van der Waals surface area contributed by atoms with Gasteiger partial charge < -0.3 is 10.7 Å². The van der Waals surface area contributed by atoms with Crippen LogP contribution in [0.1, 0.15) is 47.5 Å². The zero-order chi connectivity index (χ0) is 17.4. The zero-order valence-electron chi connectivity index (χ0n) is 13.9. The lowest BCUT2D eigenvalue weighted by Gasteiger charge is -2.20. The summed E-state index contributed by atoms with van der Waals surface area (Å²) in [6, 6.07) is 13.9. The van der Waals surface area contributed by atoms with Gasteiger partial charge >= 0.3 is 0 Å². The van der Waals surface area contributed by atoms with Crippen LogP contribution in [0, 0.1) is 0 Å². The van der Waals surface area contributed by atoms with Gasteiger partial charge in [0.1, 0.15) is 5.78 Å². The van der Waals surface area contributed by atoms with Crippen molar-refractivity contribution in [3.8, 4) is 11.1 Å². The molecule has 1 aliphatic rings. The molecule has 1 heterocycles. The number of aromatic nitrogens is 1. The molecular weight excluding hydrogens is 312 g/mol. The van der Waals surface area contributed by atoms with E-state index in [-0.39, 0.29) is 5.92 Å². The number of amides is 1. The third kappa shape index (κ3) is 2.84. The number of hydrogen-bond acceptors (Lipinski definition) is 2. The highest BCUT2D eigenvalue weighted by molar-refractivity contribution is 6.07. The molecule has 1 aliphatic carbocycles. The Balaban J connectivity index is 1.90. The Bertz CT molecular complexity index is 957. The third-order valence-corrected chi connectivity index (χ3v) is 5.12. The average Bonchev–Trinajstić information content (AvgIpc) is 3.05. The standard InChI is InChI=1S/C21H20N2O2/c22-21(25)18-11-15(13-5-2-1-3-6-13)10-17-19(12-23-20(17)18)14-7-4-8-16(24)9-14/h1-3,5-6,10-12,14,23H,4,7-9H2,(H2,22,25). The lowest BCUT2D eigenvalue weighted by molar-refractivity contribution is -0.120. The molecule has 2 aromatic carbocycles. The molecule has 1 aromatic heterocycles. The molecule has 4 nitrogen and oxygen atoms in total. The Kier molecular flexibility index (Phi) is 3.88. The Morgan fingerprint density at radius 1 is 1.12 bits per heavy atom. The monoisotopic (exact) mass is 332 g/mol. The van der Waals surface area contributed by atoms with Crippen molar-refractivity contribution in [3.05, 3.63) is 59.8 Å². The van der Waals surface area contributed by atoms with Gasteiger partial charge in [-0.15, -0.1) is 0 Å². The summed E-state index contributed by atoms with van der Waals surface area (Å²) in [6.45, 7) is 0. The second-order valence-corrected chi connectivity index (χ2v) is 6.75. The summed E-state index contributed by atoms with van der Waals surface area (Å²) in [7, 11) is 0. The Morgan fingerprint density at radius 3 is 2.64 bits per heavy atom. The van der Waals surface area contributed by atoms with E-state index in [2.05, 4.69) is 11.1 Å². The lowest BCUT2D eigenvalue weighted by atomic mass is 9.83. The number of carbonyl (C=O) groups excluding carboxylic acids is 2. The molecule has 1 saturated carbocycles. The van der Waals surface area contributed by atoms with Gasteiger partial charge in [0.05, 0.1) is 11.1 Å². The van der Waals surface area contributed by atoms with E-state index in [9.17, 15) is 9.59 Å². The molecule has 1 fully saturated rings. The summed E-state index contributed by atoms with van der Waals surface area (Å²) in [5.74, 6) is 0.0811. The number of carbonyl (C=O) groups is 2. The van der Waals surface area contributed by atoms with Gasteiger partial charge in [0.25, 0.3) is 5.91 Å². The Labute approximate surface area is 146 Å². The van der Waals surface area contributed by atoms with Crippen LogP contribution in [0.5, 0.6) is 0 Å². The molecule has 1 amide bonds. The fourth-order valence-electron chi connectivity index (χ4n) is 3.87. The van der Waals surface area contributed by atoms with Crippen molar-refractivity contribution in [1.82, 2.24) is 4.98 Å². The van der Waals surface area contributed by atoms with Crippen molar-refractivity contribution in [2.75, 3.05) is 0 Å². The molecule has 0 saturated heterocycles. The molecule has 25 heavy (non-hydrogen) atoms. The predicted octanol–water partition coefficient (Wildman–Crippen LogP) is 4.16. The molecule has 1 unspecified atom stereocenters. The summed E-state index contributed by atoms with van der Waals surface area (Å²) in [6.07, 6.45) is 5.13. The second kappa shape index (κ2) is 6.20. The van der Waals surface area contributed by atoms with E-state index in [0.29, 0.717) is 24.2 Å². The van der Waals surface area contributed by atoms with Crippen LogP contribution >= 0.6 is 0 Å². The number of hydrogen-bond donors (Lipinski definition) is 2. The first kappa shape index (κ1) is 15.6. The minimum absolute atomic E-state index is 0.210. The molecule has 126 valence electrons. The quantitative estimate of drug-likeness (QED) is 0.755. The molecule has 0 radical (unpaired) electrons. The molecule has 3 N–H and O–H groups in total. The van der Waals surface area contributed by atoms with E-state index in [1.807, 2.05) is 42.6 Å². The van der Waals surface area contributed by atoms with Gasteiger partial charge in [-0.3, -0.25) is 9.59 Å². The molecule has 0 aliphatic heterocycles. The predicted molar refractivity (Wildman–Crippen MR) is 98.5 cm³/mol. The topological polar surface area (TPSA) is 76.0 Å². The van der Waals surface area contributed by atoms with E-state index in [1.165, 1.54) is 0 Å². The van der Waals surface area contributed by atoms with Crippen molar-refractivity contribution in [1.29, 1.82) is 0 Å². The van der Waals surface area contributed by atoms with E-state index >= 15 is 0 Å². The number of H-pyrrole nitrogens is 1. The van der Waals surface area contributed by atoms with Crippen LogP contribution in [0.2, 0.25) is 0 Å². The van der Waals surface area contributed by atoms with E-state index < -0.39 is 5.91 Å². The van der Waals surface area contributed by atoms with Crippen molar-refractivity contribution in [2.24, 2.45) is 5.73 Å². The smallest absolute Gasteiger partial charge is 0.250 e. The maximum Gasteiger partial charge on any atom is 0.250 e. The molecular formula is C21H20N2O2. The number of rotatable bonds is 3. The maximum atomic E-state index is 12.0. The number of Topliss-reactive ketones (excluding diaryl/α,β-unsaturated/α-hetero) is 1. The van der Waals surface area contributed by atoms with E-state index in [4.69, 9.17) is 5.73 Å². The van der Waals surface area contributed by atoms with Crippen molar-refractivity contribution < 1.29 is 9.59 Å². The summed E-state index contributed by atoms with van der Waals surface area (Å²) < 4.78 is 0. The minimum atomic E-state index is -0.448. The second-order valence-electron chi connectivity index (χ2n) is 6.75. The van der Waals surface area contributed by atoms with Crippen LogP contribution in [0.4, 0.5) is 0 Å². The van der Waals surface area contributed by atoms with E-state index in [0.717, 1.165) is 40.4 Å². The SMILES string of the molecule is NC(=O)c1cc(-c2ccccc2)cc2c(C3CCCC(=O)C3)c[nH]c12. The summed E-state index contributed by atoms with van der Waals surface area (Å²) in [5.41, 5.74) is 10.00. The van der Waals surface area contributed by atoms with Gasteiger partial charge in [0.15, 0.2) is 0 Å². The number of ketones is 1. The molecule has 4 heteroatoms. The molecule has 4 rings (SSSR count). The van der Waals surface area contributed by atoms with Crippen LogP contribution in [0.25, 0.3) is 22.0 Å². The van der Waals surface area contributed by atoms with Crippen LogP contribution in [-0.4, -0.2) is 16.7 Å². The fourth-order valence-corrected chi connectivity index (χ4v) is 3.87. The average molecular weight is 332 g/mol. The van der Waals surface area contributed by atoms with E-state index in [1.54, 1.807) is 0 Å². The number of benzene rings is 2. The highest BCUT2D eigenvalue weighted by atomic mass is 16.1. The van der Waals surface area contributed by atoms with Crippen LogP contribution in [-0.2, 0) is 4.79 Å². The first-order valence-corrected chi connectivity index (χ1v) is 8.65. The first-order chi connectivity index (χ1) is 12.1. The fraction of sp³-hybridized carbons (Fsp3) is 0.238. The van der Waals surface area contributed by atoms with Gasteiger partial charge in [-0.25, -0.2) is 0 Å². The number of nitrogens with two attached hydrogens (primary N) is 1.